The summed E-state index contributed by atoms with van der Waals surface area (Å²) in [5, 5.41) is 0. The van der Waals surface area contributed by atoms with Gasteiger partial charge in [-0.25, -0.2) is 0 Å². The van der Waals surface area contributed by atoms with E-state index in [4.69, 9.17) is 10.5 Å². The van der Waals surface area contributed by atoms with Gasteiger partial charge in [0.2, 0.25) is 0 Å². The lowest BCUT2D eigenvalue weighted by Gasteiger charge is -2.08. The van der Waals surface area contributed by atoms with Crippen LogP contribution in [-0.4, -0.2) is 18.6 Å². The van der Waals surface area contributed by atoms with E-state index in [9.17, 15) is 4.79 Å². The molecule has 3 nitrogen and oxygen atoms in total. The first kappa shape index (κ1) is 13.7. The predicted molar refractivity (Wildman–Crippen MR) is 68.6 cm³/mol. The molecule has 0 aliphatic heterocycles. The summed E-state index contributed by atoms with van der Waals surface area (Å²) >= 11 is 0. The van der Waals surface area contributed by atoms with Gasteiger partial charge in [-0.3, -0.25) is 4.79 Å². The molecular formula is C14H21NO2. The fourth-order valence-corrected chi connectivity index (χ4v) is 1.52. The van der Waals surface area contributed by atoms with Crippen LogP contribution in [0.2, 0.25) is 0 Å². The molecule has 0 aliphatic rings. The van der Waals surface area contributed by atoms with Crippen molar-refractivity contribution in [2.24, 2.45) is 5.73 Å². The van der Waals surface area contributed by atoms with Gasteiger partial charge in [0.15, 0.2) is 0 Å². The normalized spacial score (nSPS) is 12.1. The Balaban J connectivity index is 2.10. The number of benzene rings is 1. The zero-order valence-corrected chi connectivity index (χ0v) is 10.4. The summed E-state index contributed by atoms with van der Waals surface area (Å²) in [5.74, 6) is -0.188. The van der Waals surface area contributed by atoms with Crippen molar-refractivity contribution in [2.45, 2.75) is 38.6 Å². The topological polar surface area (TPSA) is 52.3 Å². The fraction of sp³-hybridized carbons (Fsp3) is 0.500. The van der Waals surface area contributed by atoms with Crippen LogP contribution in [0.1, 0.15) is 31.7 Å². The molecule has 3 heteroatoms. The van der Waals surface area contributed by atoms with E-state index in [1.54, 1.807) is 0 Å². The molecule has 0 amide bonds. The first-order valence-electron chi connectivity index (χ1n) is 6.17. The van der Waals surface area contributed by atoms with Crippen molar-refractivity contribution in [3.8, 4) is 0 Å². The summed E-state index contributed by atoms with van der Waals surface area (Å²) in [6.07, 6.45) is 2.92. The molecule has 0 heterocycles. The lowest BCUT2D eigenvalue weighted by Crippen LogP contribution is -2.24. The van der Waals surface area contributed by atoms with Crippen molar-refractivity contribution in [1.82, 2.24) is 0 Å². The SMILES string of the molecule is CCC(N)CC(=O)OCCCc1ccccc1. The molecule has 1 atom stereocenters. The third-order valence-corrected chi connectivity index (χ3v) is 2.67. The second-order valence-electron chi connectivity index (χ2n) is 4.18. The van der Waals surface area contributed by atoms with Gasteiger partial charge in [0.05, 0.1) is 13.0 Å². The van der Waals surface area contributed by atoms with E-state index in [2.05, 4.69) is 12.1 Å². The Morgan fingerprint density at radius 2 is 2.06 bits per heavy atom. The minimum absolute atomic E-state index is 0.0726. The highest BCUT2D eigenvalue weighted by molar-refractivity contribution is 5.70. The molecule has 0 saturated carbocycles. The van der Waals surface area contributed by atoms with Crippen LogP contribution < -0.4 is 5.73 Å². The Kier molecular flexibility index (Phi) is 6.33. The van der Waals surface area contributed by atoms with E-state index >= 15 is 0 Å². The molecule has 1 aromatic rings. The van der Waals surface area contributed by atoms with Gasteiger partial charge in [-0.1, -0.05) is 37.3 Å². The van der Waals surface area contributed by atoms with E-state index < -0.39 is 0 Å². The van der Waals surface area contributed by atoms with Crippen molar-refractivity contribution in [3.63, 3.8) is 0 Å². The number of ether oxygens (including phenoxy) is 1. The number of esters is 1. The van der Waals surface area contributed by atoms with Crippen LogP contribution in [0, 0.1) is 0 Å². The molecule has 0 aliphatic carbocycles. The summed E-state index contributed by atoms with van der Waals surface area (Å²) in [6, 6.07) is 10.1. The molecule has 0 saturated heterocycles. The second-order valence-corrected chi connectivity index (χ2v) is 4.18. The number of carbonyl (C=O) groups excluding carboxylic acids is 1. The predicted octanol–water partition coefficient (Wildman–Crippen LogP) is 2.29. The Morgan fingerprint density at radius 3 is 2.71 bits per heavy atom. The minimum Gasteiger partial charge on any atom is -0.466 e. The van der Waals surface area contributed by atoms with Crippen LogP contribution >= 0.6 is 0 Å². The molecular weight excluding hydrogens is 214 g/mol. The molecule has 2 N–H and O–H groups in total. The van der Waals surface area contributed by atoms with Crippen molar-refractivity contribution >= 4 is 5.97 Å². The highest BCUT2D eigenvalue weighted by Gasteiger charge is 2.08. The summed E-state index contributed by atoms with van der Waals surface area (Å²) in [4.78, 5) is 11.3. The maximum Gasteiger partial charge on any atom is 0.307 e. The zero-order valence-electron chi connectivity index (χ0n) is 10.4. The van der Waals surface area contributed by atoms with Crippen LogP contribution in [0.15, 0.2) is 30.3 Å². The molecule has 1 aromatic carbocycles. The van der Waals surface area contributed by atoms with Crippen LogP contribution in [0.5, 0.6) is 0 Å². The Bertz CT molecular complexity index is 324. The first-order valence-corrected chi connectivity index (χ1v) is 6.17. The highest BCUT2D eigenvalue weighted by Crippen LogP contribution is 2.03. The summed E-state index contributed by atoms with van der Waals surface area (Å²) in [6.45, 7) is 2.44. The van der Waals surface area contributed by atoms with Gasteiger partial charge in [0.1, 0.15) is 0 Å². The van der Waals surface area contributed by atoms with Crippen molar-refractivity contribution in [2.75, 3.05) is 6.61 Å². The molecule has 1 unspecified atom stereocenters. The molecule has 0 radical (unpaired) electrons. The van der Waals surface area contributed by atoms with Gasteiger partial charge < -0.3 is 10.5 Å². The van der Waals surface area contributed by atoms with Crippen LogP contribution in [0.4, 0.5) is 0 Å². The number of hydrogen-bond acceptors (Lipinski definition) is 3. The summed E-state index contributed by atoms with van der Waals surface area (Å²) < 4.78 is 5.12. The van der Waals surface area contributed by atoms with Gasteiger partial charge >= 0.3 is 5.97 Å². The largest absolute Gasteiger partial charge is 0.466 e. The minimum atomic E-state index is -0.188. The lowest BCUT2D eigenvalue weighted by molar-refractivity contribution is -0.144. The van der Waals surface area contributed by atoms with Gasteiger partial charge in [-0.2, -0.15) is 0 Å². The number of nitrogens with two attached hydrogens (primary N) is 1. The number of hydrogen-bond donors (Lipinski definition) is 1. The molecule has 17 heavy (non-hydrogen) atoms. The van der Waals surface area contributed by atoms with Crippen molar-refractivity contribution in [3.05, 3.63) is 35.9 Å². The highest BCUT2D eigenvalue weighted by atomic mass is 16.5. The van der Waals surface area contributed by atoms with Gasteiger partial charge in [-0.05, 0) is 24.8 Å². The van der Waals surface area contributed by atoms with E-state index in [0.29, 0.717) is 13.0 Å². The first-order chi connectivity index (χ1) is 8.22. The molecule has 0 spiro atoms. The maximum absolute atomic E-state index is 11.3. The van der Waals surface area contributed by atoms with Crippen LogP contribution in [0.3, 0.4) is 0 Å². The van der Waals surface area contributed by atoms with E-state index in [1.807, 2.05) is 25.1 Å². The molecule has 0 aromatic heterocycles. The van der Waals surface area contributed by atoms with Crippen molar-refractivity contribution in [1.29, 1.82) is 0 Å². The van der Waals surface area contributed by atoms with Gasteiger partial charge in [-0.15, -0.1) is 0 Å². The number of aryl methyl sites for hydroxylation is 1. The lowest BCUT2D eigenvalue weighted by atomic mass is 10.1. The maximum atomic E-state index is 11.3. The average molecular weight is 235 g/mol. The van der Waals surface area contributed by atoms with E-state index in [1.165, 1.54) is 5.56 Å². The monoisotopic (exact) mass is 235 g/mol. The molecule has 94 valence electrons. The fourth-order valence-electron chi connectivity index (χ4n) is 1.52. The zero-order chi connectivity index (χ0) is 12.5. The van der Waals surface area contributed by atoms with E-state index in [0.717, 1.165) is 19.3 Å². The summed E-state index contributed by atoms with van der Waals surface area (Å²) in [7, 11) is 0. The Labute approximate surface area is 103 Å². The molecule has 0 bridgehead atoms. The third kappa shape index (κ3) is 6.07. The smallest absolute Gasteiger partial charge is 0.307 e. The quantitative estimate of drug-likeness (QED) is 0.582. The van der Waals surface area contributed by atoms with Gasteiger partial charge in [0, 0.05) is 6.04 Å². The van der Waals surface area contributed by atoms with Crippen LogP contribution in [0.25, 0.3) is 0 Å². The number of rotatable bonds is 7. The average Bonchev–Trinajstić information content (AvgIpc) is 2.36. The Morgan fingerprint density at radius 1 is 1.35 bits per heavy atom. The number of carbonyl (C=O) groups is 1. The second kappa shape index (κ2) is 7.85. The standard InChI is InChI=1S/C14H21NO2/c1-2-13(15)11-14(16)17-10-6-9-12-7-4-3-5-8-12/h3-5,7-8,13H,2,6,9-11,15H2,1H3. The summed E-state index contributed by atoms with van der Waals surface area (Å²) in [5.41, 5.74) is 6.94. The van der Waals surface area contributed by atoms with Crippen LogP contribution in [-0.2, 0) is 16.0 Å². The molecule has 0 fully saturated rings. The third-order valence-electron chi connectivity index (χ3n) is 2.67. The van der Waals surface area contributed by atoms with Crippen molar-refractivity contribution < 1.29 is 9.53 Å². The van der Waals surface area contributed by atoms with Gasteiger partial charge in [0.25, 0.3) is 0 Å². The Hall–Kier alpha value is -1.35. The van der Waals surface area contributed by atoms with E-state index in [-0.39, 0.29) is 12.0 Å². The molecule has 1 rings (SSSR count).